The van der Waals surface area contributed by atoms with Crippen LogP contribution in [0.5, 0.6) is 0 Å². The molecule has 0 fully saturated rings. The molecule has 0 aliphatic rings. The lowest BCUT2D eigenvalue weighted by Gasteiger charge is -2.09. The van der Waals surface area contributed by atoms with Crippen LogP contribution in [-0.2, 0) is 6.54 Å². The fourth-order valence-corrected chi connectivity index (χ4v) is 2.67. The van der Waals surface area contributed by atoms with Gasteiger partial charge in [0.05, 0.1) is 5.56 Å². The van der Waals surface area contributed by atoms with E-state index in [1.807, 2.05) is 12.1 Å². The summed E-state index contributed by atoms with van der Waals surface area (Å²) in [6.45, 7) is 3.48. The molecular formula is C18H18N2O3. The summed E-state index contributed by atoms with van der Waals surface area (Å²) < 4.78 is 6.94. The number of rotatable bonds is 5. The Morgan fingerprint density at radius 2 is 2.04 bits per heavy atom. The van der Waals surface area contributed by atoms with Crippen molar-refractivity contribution in [2.75, 3.05) is 6.54 Å². The van der Waals surface area contributed by atoms with Crippen molar-refractivity contribution < 1.29 is 9.21 Å². The van der Waals surface area contributed by atoms with E-state index in [0.717, 1.165) is 13.0 Å². The lowest BCUT2D eigenvalue weighted by Crippen LogP contribution is -2.25. The summed E-state index contributed by atoms with van der Waals surface area (Å²) in [7, 11) is 0. The molecule has 5 nitrogen and oxygen atoms in total. The second-order valence-corrected chi connectivity index (χ2v) is 5.45. The number of aryl methyl sites for hydroxylation is 2. The second-order valence-electron chi connectivity index (χ2n) is 5.45. The molecule has 2 heterocycles. The summed E-state index contributed by atoms with van der Waals surface area (Å²) in [5, 5.41) is 4.06. The zero-order valence-corrected chi connectivity index (χ0v) is 12.9. The van der Waals surface area contributed by atoms with E-state index in [1.54, 1.807) is 0 Å². The molecule has 0 saturated carbocycles. The number of carbonyl (C=O) groups is 1. The van der Waals surface area contributed by atoms with Crippen LogP contribution in [-0.4, -0.2) is 17.0 Å². The summed E-state index contributed by atoms with van der Waals surface area (Å²) in [5.41, 5.74) is 2.31. The van der Waals surface area contributed by atoms with Gasteiger partial charge < -0.3 is 14.3 Å². The fourth-order valence-electron chi connectivity index (χ4n) is 2.67. The van der Waals surface area contributed by atoms with Crippen LogP contribution in [0.2, 0.25) is 0 Å². The molecule has 1 amide bonds. The average molecular weight is 310 g/mol. The van der Waals surface area contributed by atoms with Crippen LogP contribution < -0.4 is 10.9 Å². The molecule has 0 radical (unpaired) electrons. The van der Waals surface area contributed by atoms with Gasteiger partial charge in [-0.25, -0.2) is 4.79 Å². The highest BCUT2D eigenvalue weighted by atomic mass is 16.4. The Hall–Kier alpha value is -2.82. The first-order chi connectivity index (χ1) is 11.1. The highest BCUT2D eigenvalue weighted by molar-refractivity contribution is 5.93. The van der Waals surface area contributed by atoms with Crippen LogP contribution in [0.15, 0.2) is 57.9 Å². The predicted molar refractivity (Wildman–Crippen MR) is 88.6 cm³/mol. The van der Waals surface area contributed by atoms with E-state index in [4.69, 9.17) is 0 Å². The third-order valence-corrected chi connectivity index (χ3v) is 3.82. The van der Waals surface area contributed by atoms with E-state index >= 15 is 0 Å². The van der Waals surface area contributed by atoms with Crippen molar-refractivity contribution in [1.29, 1.82) is 0 Å². The van der Waals surface area contributed by atoms with E-state index in [0.29, 0.717) is 12.1 Å². The first kappa shape index (κ1) is 15.1. The Morgan fingerprint density at radius 3 is 2.83 bits per heavy atom. The minimum atomic E-state index is -0.462. The van der Waals surface area contributed by atoms with Crippen LogP contribution in [0, 0.1) is 6.92 Å². The van der Waals surface area contributed by atoms with Crippen molar-refractivity contribution in [1.82, 2.24) is 9.88 Å². The topological polar surface area (TPSA) is 64.2 Å². The van der Waals surface area contributed by atoms with E-state index in [1.165, 1.54) is 35.0 Å². The van der Waals surface area contributed by atoms with Gasteiger partial charge in [0.15, 0.2) is 0 Å². The van der Waals surface area contributed by atoms with Gasteiger partial charge in [0.25, 0.3) is 5.91 Å². The van der Waals surface area contributed by atoms with Gasteiger partial charge >= 0.3 is 5.63 Å². The number of carbonyl (C=O) groups excluding carboxylic acids is 1. The molecule has 118 valence electrons. The molecule has 0 bridgehead atoms. The third-order valence-electron chi connectivity index (χ3n) is 3.82. The number of nitrogens with one attached hydrogen (secondary N) is 1. The van der Waals surface area contributed by atoms with Crippen molar-refractivity contribution in [2.24, 2.45) is 0 Å². The molecule has 0 spiro atoms. The zero-order valence-electron chi connectivity index (χ0n) is 12.9. The normalized spacial score (nSPS) is 10.8. The van der Waals surface area contributed by atoms with Gasteiger partial charge in [-0.05, 0) is 36.9 Å². The van der Waals surface area contributed by atoms with Crippen molar-refractivity contribution in [3.8, 4) is 0 Å². The molecule has 23 heavy (non-hydrogen) atoms. The first-order valence-electron chi connectivity index (χ1n) is 7.57. The van der Waals surface area contributed by atoms with Crippen LogP contribution >= 0.6 is 0 Å². The predicted octanol–water partition coefficient (Wildman–Crippen LogP) is 2.72. The monoisotopic (exact) mass is 310 g/mol. The smallest absolute Gasteiger partial charge is 0.335 e. The number of amides is 1. The van der Waals surface area contributed by atoms with Gasteiger partial charge in [-0.2, -0.15) is 0 Å². The minimum Gasteiger partial charge on any atom is -0.430 e. The maximum absolute atomic E-state index is 11.9. The van der Waals surface area contributed by atoms with Gasteiger partial charge in [-0.15, -0.1) is 0 Å². The number of fused-ring (bicyclic) bond motifs is 1. The number of hydrogen-bond donors (Lipinski definition) is 1. The molecule has 5 heteroatoms. The second kappa shape index (κ2) is 6.52. The molecule has 0 atom stereocenters. The Kier molecular flexibility index (Phi) is 4.28. The molecule has 2 aromatic heterocycles. The zero-order chi connectivity index (χ0) is 16.2. The van der Waals surface area contributed by atoms with E-state index < -0.39 is 5.63 Å². The number of nitrogens with zero attached hydrogens (tertiary/aromatic N) is 1. The van der Waals surface area contributed by atoms with Crippen molar-refractivity contribution in [2.45, 2.75) is 19.9 Å². The van der Waals surface area contributed by atoms with E-state index in [-0.39, 0.29) is 5.91 Å². The van der Waals surface area contributed by atoms with Crippen LogP contribution in [0.3, 0.4) is 0 Å². The summed E-state index contributed by atoms with van der Waals surface area (Å²) in [4.78, 5) is 22.8. The maximum atomic E-state index is 11.9. The van der Waals surface area contributed by atoms with Crippen molar-refractivity contribution >= 4 is 16.8 Å². The van der Waals surface area contributed by atoms with Gasteiger partial charge in [0, 0.05) is 30.4 Å². The van der Waals surface area contributed by atoms with Gasteiger partial charge in [-0.1, -0.05) is 18.2 Å². The quantitative estimate of drug-likeness (QED) is 0.737. The highest BCUT2D eigenvalue weighted by Crippen LogP contribution is 2.19. The number of aromatic nitrogens is 1. The maximum Gasteiger partial charge on any atom is 0.335 e. The van der Waals surface area contributed by atoms with Crippen molar-refractivity contribution in [3.63, 3.8) is 0 Å². The SMILES string of the molecule is Cc1cc2ccccc2n1CCCNC(=O)c1ccc(=O)oc1. The number of benzene rings is 1. The fraction of sp³-hybridized carbons (Fsp3) is 0.222. The molecule has 1 aromatic carbocycles. The molecular weight excluding hydrogens is 292 g/mol. The Morgan fingerprint density at radius 1 is 1.22 bits per heavy atom. The number of hydrogen-bond acceptors (Lipinski definition) is 3. The third kappa shape index (κ3) is 3.34. The molecule has 0 aliphatic carbocycles. The van der Waals surface area contributed by atoms with Gasteiger partial charge in [0.1, 0.15) is 6.26 Å². The molecule has 3 aromatic rings. The van der Waals surface area contributed by atoms with Gasteiger partial charge in [-0.3, -0.25) is 4.79 Å². The summed E-state index contributed by atoms with van der Waals surface area (Å²) in [6, 6.07) is 13.1. The standard InChI is InChI=1S/C18H18N2O3/c1-13-11-14-5-2-3-6-16(14)20(13)10-4-9-19-18(22)15-7-8-17(21)23-12-15/h2-3,5-8,11-12H,4,9-10H2,1H3,(H,19,22). The lowest BCUT2D eigenvalue weighted by atomic mass is 10.2. The van der Waals surface area contributed by atoms with Crippen LogP contribution in [0.1, 0.15) is 22.5 Å². The molecule has 0 aliphatic heterocycles. The van der Waals surface area contributed by atoms with Crippen LogP contribution in [0.4, 0.5) is 0 Å². The summed E-state index contributed by atoms with van der Waals surface area (Å²) in [6.07, 6.45) is 2.00. The van der Waals surface area contributed by atoms with E-state index in [9.17, 15) is 9.59 Å². The van der Waals surface area contributed by atoms with E-state index in [2.05, 4.69) is 39.4 Å². The van der Waals surface area contributed by atoms with Crippen LogP contribution in [0.25, 0.3) is 10.9 Å². The van der Waals surface area contributed by atoms with Gasteiger partial charge in [0.2, 0.25) is 0 Å². The molecule has 0 saturated heterocycles. The highest BCUT2D eigenvalue weighted by Gasteiger charge is 2.07. The first-order valence-corrected chi connectivity index (χ1v) is 7.57. The molecule has 3 rings (SSSR count). The summed E-state index contributed by atoms with van der Waals surface area (Å²) >= 11 is 0. The number of para-hydroxylation sites is 1. The Labute approximate surface area is 133 Å². The Bertz CT molecular complexity index is 872. The lowest BCUT2D eigenvalue weighted by molar-refractivity contribution is 0.0950. The summed E-state index contributed by atoms with van der Waals surface area (Å²) in [5.74, 6) is -0.233. The van der Waals surface area contributed by atoms with Crippen molar-refractivity contribution in [3.05, 3.63) is 70.4 Å². The largest absolute Gasteiger partial charge is 0.430 e. The Balaban J connectivity index is 1.57. The average Bonchev–Trinajstić information content (AvgIpc) is 2.87. The molecule has 0 unspecified atom stereocenters. The molecule has 1 N–H and O–H groups in total. The minimum absolute atomic E-state index is 0.233.